The first-order valence-corrected chi connectivity index (χ1v) is 5.58. The van der Waals surface area contributed by atoms with Crippen LogP contribution in [0, 0.1) is 0 Å². The number of phenolic OH excluding ortho intramolecular Hbond substituents is 2. The maximum atomic E-state index is 10.7. The van der Waals surface area contributed by atoms with Crippen molar-refractivity contribution in [1.29, 1.82) is 0 Å². The summed E-state index contributed by atoms with van der Waals surface area (Å²) in [4.78, 5) is 21.4. The Hall–Kier alpha value is -2.76. The van der Waals surface area contributed by atoms with E-state index < -0.39 is 11.9 Å². The summed E-state index contributed by atoms with van der Waals surface area (Å²) >= 11 is 0. The molecule has 0 atom stereocenters. The molecule has 1 rings (SSSR count). The van der Waals surface area contributed by atoms with E-state index in [-0.39, 0.29) is 46.6 Å². The van der Waals surface area contributed by atoms with Gasteiger partial charge in [0, 0.05) is 29.6 Å². The van der Waals surface area contributed by atoms with E-state index >= 15 is 0 Å². The van der Waals surface area contributed by atoms with Gasteiger partial charge < -0.3 is 20.4 Å². The van der Waals surface area contributed by atoms with Crippen LogP contribution in [0.4, 0.5) is 0 Å². The van der Waals surface area contributed by atoms with E-state index in [0.717, 1.165) is 0 Å². The Morgan fingerprint density at radius 1 is 0.950 bits per heavy atom. The second-order valence-electron chi connectivity index (χ2n) is 4.24. The second-order valence-corrected chi connectivity index (χ2v) is 4.24. The molecule has 0 aromatic heterocycles. The molecule has 1 aromatic carbocycles. The molecular weight excluding hydrogens is 264 g/mol. The Bertz CT molecular complexity index is 600. The van der Waals surface area contributed by atoms with Crippen molar-refractivity contribution < 1.29 is 30.0 Å². The molecule has 1 aromatic rings. The molecule has 6 nitrogen and oxygen atoms in total. The van der Waals surface area contributed by atoms with Gasteiger partial charge in [-0.3, -0.25) is 0 Å². The normalized spacial score (nSPS) is 10.0. The van der Waals surface area contributed by atoms with Crippen molar-refractivity contribution in [2.24, 2.45) is 0 Å². The van der Waals surface area contributed by atoms with Crippen molar-refractivity contribution in [2.45, 2.75) is 12.8 Å². The molecule has 0 bridgehead atoms. The predicted molar refractivity (Wildman–Crippen MR) is 70.7 cm³/mol. The van der Waals surface area contributed by atoms with Crippen molar-refractivity contribution in [1.82, 2.24) is 0 Å². The van der Waals surface area contributed by atoms with Gasteiger partial charge in [0.2, 0.25) is 0 Å². The van der Waals surface area contributed by atoms with Gasteiger partial charge in [0.05, 0.1) is 0 Å². The minimum atomic E-state index is -1.25. The van der Waals surface area contributed by atoms with E-state index in [1.807, 2.05) is 0 Å². The fourth-order valence-corrected chi connectivity index (χ4v) is 1.59. The number of aliphatic carboxylic acids is 2. The van der Waals surface area contributed by atoms with Gasteiger partial charge in [0.25, 0.3) is 0 Å². The lowest BCUT2D eigenvalue weighted by atomic mass is 9.97. The number of aromatic hydroxyl groups is 2. The SMILES string of the molecule is C=C(Cc1ccc(O)c(CC(=C)C(=O)O)c1O)C(=O)O. The third-order valence-corrected chi connectivity index (χ3v) is 2.74. The lowest BCUT2D eigenvalue weighted by Crippen LogP contribution is -2.05. The van der Waals surface area contributed by atoms with Crippen molar-refractivity contribution in [2.75, 3.05) is 0 Å². The molecule has 0 spiro atoms. The molecule has 0 saturated carbocycles. The number of hydrogen-bond donors (Lipinski definition) is 4. The standard InChI is InChI=1S/C14H14O6/c1-7(13(17)18)5-9-3-4-11(15)10(12(9)16)6-8(2)14(19)20/h3-4,15-16H,1-2,5-6H2,(H,17,18)(H,19,20). The molecule has 20 heavy (non-hydrogen) atoms. The molecule has 0 unspecified atom stereocenters. The van der Waals surface area contributed by atoms with Crippen LogP contribution in [-0.4, -0.2) is 32.4 Å². The molecule has 0 aliphatic heterocycles. The first-order valence-electron chi connectivity index (χ1n) is 5.58. The first-order chi connectivity index (χ1) is 9.23. The fraction of sp³-hybridized carbons (Fsp3) is 0.143. The second kappa shape index (κ2) is 5.92. The molecule has 0 saturated heterocycles. The summed E-state index contributed by atoms with van der Waals surface area (Å²) in [6, 6.07) is 2.61. The lowest BCUT2D eigenvalue weighted by molar-refractivity contribution is -0.133. The van der Waals surface area contributed by atoms with Crippen molar-refractivity contribution in [3.63, 3.8) is 0 Å². The fourth-order valence-electron chi connectivity index (χ4n) is 1.59. The van der Waals surface area contributed by atoms with Gasteiger partial charge in [0.15, 0.2) is 0 Å². The molecule has 0 amide bonds. The van der Waals surface area contributed by atoms with E-state index in [9.17, 15) is 19.8 Å². The van der Waals surface area contributed by atoms with E-state index in [0.29, 0.717) is 0 Å². The maximum Gasteiger partial charge on any atom is 0.331 e. The molecule has 0 radical (unpaired) electrons. The average Bonchev–Trinajstić information content (AvgIpc) is 2.37. The summed E-state index contributed by atoms with van der Waals surface area (Å²) in [5.74, 6) is -3.08. The van der Waals surface area contributed by atoms with E-state index in [4.69, 9.17) is 10.2 Å². The Kier molecular flexibility index (Phi) is 4.53. The van der Waals surface area contributed by atoms with E-state index in [2.05, 4.69) is 13.2 Å². The third-order valence-electron chi connectivity index (χ3n) is 2.74. The highest BCUT2D eigenvalue weighted by atomic mass is 16.4. The van der Waals surface area contributed by atoms with Gasteiger partial charge in [-0.05, 0) is 11.6 Å². The molecular formula is C14H14O6. The number of phenols is 2. The lowest BCUT2D eigenvalue weighted by Gasteiger charge is -2.12. The van der Waals surface area contributed by atoms with Crippen LogP contribution < -0.4 is 0 Å². The average molecular weight is 278 g/mol. The topological polar surface area (TPSA) is 115 Å². The van der Waals surface area contributed by atoms with Crippen LogP contribution in [0.2, 0.25) is 0 Å². The molecule has 0 heterocycles. The van der Waals surface area contributed by atoms with Crippen molar-refractivity contribution >= 4 is 11.9 Å². The Morgan fingerprint density at radius 3 is 1.95 bits per heavy atom. The zero-order valence-corrected chi connectivity index (χ0v) is 10.6. The number of hydrogen-bond acceptors (Lipinski definition) is 4. The van der Waals surface area contributed by atoms with Gasteiger partial charge in [-0.1, -0.05) is 19.2 Å². The molecule has 4 N–H and O–H groups in total. The number of benzene rings is 1. The van der Waals surface area contributed by atoms with Crippen LogP contribution in [0.1, 0.15) is 11.1 Å². The molecule has 0 aliphatic rings. The smallest absolute Gasteiger partial charge is 0.331 e. The highest BCUT2D eigenvalue weighted by Crippen LogP contribution is 2.33. The van der Waals surface area contributed by atoms with Crippen LogP contribution >= 0.6 is 0 Å². The van der Waals surface area contributed by atoms with Crippen LogP contribution in [-0.2, 0) is 22.4 Å². The summed E-state index contributed by atoms with van der Waals surface area (Å²) < 4.78 is 0. The maximum absolute atomic E-state index is 10.7. The Morgan fingerprint density at radius 2 is 1.45 bits per heavy atom. The monoisotopic (exact) mass is 278 g/mol. The van der Waals surface area contributed by atoms with Gasteiger partial charge in [0.1, 0.15) is 11.5 Å². The van der Waals surface area contributed by atoms with Gasteiger partial charge in [-0.15, -0.1) is 0 Å². The summed E-state index contributed by atoms with van der Waals surface area (Å²) in [5.41, 5.74) is -0.102. The highest BCUT2D eigenvalue weighted by Gasteiger charge is 2.17. The number of rotatable bonds is 6. The molecule has 6 heteroatoms. The largest absolute Gasteiger partial charge is 0.508 e. The highest BCUT2D eigenvalue weighted by molar-refractivity contribution is 5.87. The number of carboxylic acid groups (broad SMARTS) is 2. The van der Waals surface area contributed by atoms with Gasteiger partial charge >= 0.3 is 11.9 Å². The minimum absolute atomic E-state index is 0.00640. The van der Waals surface area contributed by atoms with Crippen LogP contribution in [0.25, 0.3) is 0 Å². The van der Waals surface area contributed by atoms with E-state index in [1.165, 1.54) is 12.1 Å². The van der Waals surface area contributed by atoms with Crippen molar-refractivity contribution in [3.05, 3.63) is 47.6 Å². The number of carbonyl (C=O) groups is 2. The molecule has 0 fully saturated rings. The zero-order chi connectivity index (χ0) is 15.4. The van der Waals surface area contributed by atoms with E-state index in [1.54, 1.807) is 0 Å². The summed E-state index contributed by atoms with van der Waals surface area (Å²) in [7, 11) is 0. The Labute approximate surface area is 114 Å². The van der Waals surface area contributed by atoms with Gasteiger partial charge in [-0.2, -0.15) is 0 Å². The van der Waals surface area contributed by atoms with Crippen LogP contribution in [0.15, 0.2) is 36.4 Å². The number of carboxylic acids is 2. The van der Waals surface area contributed by atoms with Crippen LogP contribution in [0.3, 0.4) is 0 Å². The predicted octanol–water partition coefficient (Wildman–Crippen LogP) is 1.46. The quantitative estimate of drug-likeness (QED) is 0.586. The summed E-state index contributed by atoms with van der Waals surface area (Å²) in [6.45, 7) is 6.66. The Balaban J connectivity index is 3.13. The van der Waals surface area contributed by atoms with Gasteiger partial charge in [-0.25, -0.2) is 9.59 Å². The van der Waals surface area contributed by atoms with Crippen molar-refractivity contribution in [3.8, 4) is 11.5 Å². The summed E-state index contributed by atoms with van der Waals surface area (Å²) in [5, 5.41) is 37.2. The minimum Gasteiger partial charge on any atom is -0.508 e. The zero-order valence-electron chi connectivity index (χ0n) is 10.6. The molecule has 0 aliphatic carbocycles. The summed E-state index contributed by atoms with van der Waals surface area (Å²) in [6.07, 6.45) is -0.367. The molecule has 106 valence electrons. The first kappa shape index (κ1) is 15.3. The third kappa shape index (κ3) is 3.38. The van der Waals surface area contributed by atoms with Crippen LogP contribution in [0.5, 0.6) is 11.5 Å².